The monoisotopic (exact) mass is 610 g/mol. The normalized spacial score (nSPS) is 12.6. The van der Waals surface area contributed by atoms with Crippen molar-refractivity contribution in [3.05, 3.63) is 104 Å². The van der Waals surface area contributed by atoms with Gasteiger partial charge in [0.2, 0.25) is 11.8 Å². The molecule has 0 aliphatic carbocycles. The summed E-state index contributed by atoms with van der Waals surface area (Å²) in [7, 11) is 0. The molecule has 4 nitrogen and oxygen atoms in total. The third kappa shape index (κ3) is 8.82. The smallest absolute Gasteiger partial charge is 0.243 e. The van der Waals surface area contributed by atoms with E-state index >= 15 is 0 Å². The van der Waals surface area contributed by atoms with Crippen LogP contribution in [0, 0.1) is 0 Å². The fourth-order valence-corrected chi connectivity index (χ4v) is 5.94. The van der Waals surface area contributed by atoms with E-state index in [2.05, 4.69) is 5.32 Å². The standard InChI is InChI=1S/C29H30Cl4N2O2S/c1-3-19(2)34-29(37)27(14-20-8-5-4-6-9-20)35(16-21-12-13-22(30)15-26(21)33)28(36)18-38-17-23-24(31)10-7-11-25(23)32/h4-13,15,19,27H,3,14,16-18H2,1-2H3,(H,34,37)/t19-,27+/m0/s1. The van der Waals surface area contributed by atoms with Crippen LogP contribution >= 0.6 is 58.2 Å². The maximum atomic E-state index is 13.8. The third-order valence-electron chi connectivity index (χ3n) is 6.16. The molecule has 1 N–H and O–H groups in total. The molecule has 0 aliphatic rings. The Hall–Kier alpha value is -1.89. The van der Waals surface area contributed by atoms with Gasteiger partial charge in [-0.1, -0.05) is 95.8 Å². The van der Waals surface area contributed by atoms with E-state index in [-0.39, 0.29) is 30.2 Å². The number of thioether (sulfide) groups is 1. The van der Waals surface area contributed by atoms with Crippen molar-refractivity contribution in [2.24, 2.45) is 0 Å². The summed E-state index contributed by atoms with van der Waals surface area (Å²) in [5.41, 5.74) is 2.43. The van der Waals surface area contributed by atoms with Crippen LogP contribution in [0.25, 0.3) is 0 Å². The first-order valence-electron chi connectivity index (χ1n) is 12.3. The largest absolute Gasteiger partial charge is 0.352 e. The molecule has 0 spiro atoms. The summed E-state index contributed by atoms with van der Waals surface area (Å²) < 4.78 is 0. The number of carbonyl (C=O) groups is 2. The summed E-state index contributed by atoms with van der Waals surface area (Å²) in [6.45, 7) is 4.11. The molecule has 0 radical (unpaired) electrons. The molecule has 2 amide bonds. The molecule has 3 aromatic carbocycles. The molecule has 0 saturated carbocycles. The molecular formula is C29H30Cl4N2O2S. The lowest BCUT2D eigenvalue weighted by molar-refractivity contribution is -0.139. The second kappa shape index (κ2) is 15.0. The maximum absolute atomic E-state index is 13.8. The summed E-state index contributed by atoms with van der Waals surface area (Å²) in [6.07, 6.45) is 1.14. The molecular weight excluding hydrogens is 582 g/mol. The second-order valence-corrected chi connectivity index (χ2v) is 11.6. The topological polar surface area (TPSA) is 49.4 Å². The Kier molecular flexibility index (Phi) is 12.1. The minimum absolute atomic E-state index is 0.0337. The minimum atomic E-state index is -0.741. The number of halogens is 4. The maximum Gasteiger partial charge on any atom is 0.243 e. The number of nitrogens with zero attached hydrogens (tertiary/aromatic N) is 1. The fraction of sp³-hybridized carbons (Fsp3) is 0.310. The molecule has 0 aromatic heterocycles. The second-order valence-electron chi connectivity index (χ2n) is 8.97. The minimum Gasteiger partial charge on any atom is -0.352 e. The van der Waals surface area contributed by atoms with E-state index in [1.54, 1.807) is 41.3 Å². The Bertz CT molecular complexity index is 1220. The summed E-state index contributed by atoms with van der Waals surface area (Å²) in [5.74, 6) is 0.196. The van der Waals surface area contributed by atoms with Gasteiger partial charge in [-0.25, -0.2) is 0 Å². The first-order valence-corrected chi connectivity index (χ1v) is 14.9. The van der Waals surface area contributed by atoms with Crippen LogP contribution in [-0.4, -0.2) is 34.6 Å². The van der Waals surface area contributed by atoms with Crippen molar-refractivity contribution in [3.8, 4) is 0 Å². The number of rotatable bonds is 12. The highest BCUT2D eigenvalue weighted by Crippen LogP contribution is 2.29. The van der Waals surface area contributed by atoms with E-state index < -0.39 is 6.04 Å². The third-order valence-corrected chi connectivity index (χ3v) is 8.40. The lowest BCUT2D eigenvalue weighted by atomic mass is 10.0. The number of carbonyl (C=O) groups excluding carboxylic acids is 2. The zero-order valence-corrected chi connectivity index (χ0v) is 25.1. The van der Waals surface area contributed by atoms with Crippen LogP contribution in [0.5, 0.6) is 0 Å². The predicted molar refractivity (Wildman–Crippen MR) is 161 cm³/mol. The van der Waals surface area contributed by atoms with E-state index in [0.717, 1.165) is 17.5 Å². The Labute approximate surface area is 249 Å². The highest BCUT2D eigenvalue weighted by molar-refractivity contribution is 7.99. The number of hydrogen-bond donors (Lipinski definition) is 1. The molecule has 202 valence electrons. The van der Waals surface area contributed by atoms with Crippen molar-refractivity contribution in [1.82, 2.24) is 10.2 Å². The average Bonchev–Trinajstić information content (AvgIpc) is 2.89. The number of hydrogen-bond acceptors (Lipinski definition) is 3. The van der Waals surface area contributed by atoms with E-state index in [1.807, 2.05) is 44.2 Å². The summed E-state index contributed by atoms with van der Waals surface area (Å²) in [6, 6.07) is 19.4. The molecule has 0 heterocycles. The van der Waals surface area contributed by atoms with Crippen LogP contribution in [-0.2, 0) is 28.3 Å². The first kappa shape index (κ1) is 30.6. The molecule has 38 heavy (non-hydrogen) atoms. The van der Waals surface area contributed by atoms with Crippen molar-refractivity contribution >= 4 is 70.0 Å². The lowest BCUT2D eigenvalue weighted by Gasteiger charge is -2.32. The average molecular weight is 612 g/mol. The van der Waals surface area contributed by atoms with Crippen molar-refractivity contribution < 1.29 is 9.59 Å². The molecule has 0 saturated heterocycles. The Morgan fingerprint density at radius 2 is 1.61 bits per heavy atom. The zero-order chi connectivity index (χ0) is 27.7. The first-order chi connectivity index (χ1) is 18.2. The molecule has 3 aromatic rings. The van der Waals surface area contributed by atoms with Crippen LogP contribution < -0.4 is 5.32 Å². The quantitative estimate of drug-likeness (QED) is 0.225. The van der Waals surface area contributed by atoms with Gasteiger partial charge in [0.05, 0.1) is 5.75 Å². The van der Waals surface area contributed by atoms with E-state index in [1.165, 1.54) is 11.8 Å². The summed E-state index contributed by atoms with van der Waals surface area (Å²) in [5, 5.41) is 5.10. The van der Waals surface area contributed by atoms with Gasteiger partial charge in [-0.3, -0.25) is 9.59 Å². The molecule has 0 aliphatic heterocycles. The number of amides is 2. The number of nitrogens with one attached hydrogen (secondary N) is 1. The van der Waals surface area contributed by atoms with Gasteiger partial charge in [0.15, 0.2) is 0 Å². The van der Waals surface area contributed by atoms with Crippen LogP contribution in [0.3, 0.4) is 0 Å². The van der Waals surface area contributed by atoms with Crippen molar-refractivity contribution in [1.29, 1.82) is 0 Å². The van der Waals surface area contributed by atoms with Gasteiger partial charge < -0.3 is 10.2 Å². The zero-order valence-electron chi connectivity index (χ0n) is 21.2. The Balaban J connectivity index is 1.91. The fourth-order valence-electron chi connectivity index (χ4n) is 3.82. The molecule has 0 bridgehead atoms. The van der Waals surface area contributed by atoms with E-state index in [0.29, 0.717) is 37.8 Å². The lowest BCUT2D eigenvalue weighted by Crippen LogP contribution is -2.52. The SMILES string of the molecule is CC[C@H](C)NC(=O)[C@@H](Cc1ccccc1)N(Cc1ccc(Cl)cc1Cl)C(=O)CSCc1c(Cl)cccc1Cl. The molecule has 9 heteroatoms. The molecule has 3 rings (SSSR count). The van der Waals surface area contributed by atoms with E-state index in [9.17, 15) is 9.59 Å². The van der Waals surface area contributed by atoms with Gasteiger partial charge in [-0.15, -0.1) is 11.8 Å². The Morgan fingerprint density at radius 1 is 0.921 bits per heavy atom. The molecule has 2 atom stereocenters. The van der Waals surface area contributed by atoms with Crippen LogP contribution in [0.4, 0.5) is 0 Å². The molecule has 0 unspecified atom stereocenters. The van der Waals surface area contributed by atoms with Gasteiger partial charge in [0.25, 0.3) is 0 Å². The predicted octanol–water partition coefficient (Wildman–Crippen LogP) is 8.09. The van der Waals surface area contributed by atoms with Gasteiger partial charge in [0, 0.05) is 44.9 Å². The van der Waals surface area contributed by atoms with Gasteiger partial charge >= 0.3 is 0 Å². The van der Waals surface area contributed by atoms with Crippen molar-refractivity contribution in [3.63, 3.8) is 0 Å². The van der Waals surface area contributed by atoms with E-state index in [4.69, 9.17) is 46.4 Å². The van der Waals surface area contributed by atoms with Crippen LogP contribution in [0.2, 0.25) is 20.1 Å². The Morgan fingerprint density at radius 3 is 2.24 bits per heavy atom. The van der Waals surface area contributed by atoms with Crippen molar-refractivity contribution in [2.75, 3.05) is 5.75 Å². The number of benzene rings is 3. The van der Waals surface area contributed by atoms with Gasteiger partial charge in [0.1, 0.15) is 6.04 Å². The highest BCUT2D eigenvalue weighted by atomic mass is 35.5. The highest BCUT2D eigenvalue weighted by Gasteiger charge is 2.31. The summed E-state index contributed by atoms with van der Waals surface area (Å²) >= 11 is 26.6. The van der Waals surface area contributed by atoms with Crippen LogP contribution in [0.15, 0.2) is 66.7 Å². The summed E-state index contributed by atoms with van der Waals surface area (Å²) in [4.78, 5) is 29.0. The van der Waals surface area contributed by atoms with Gasteiger partial charge in [-0.2, -0.15) is 0 Å². The van der Waals surface area contributed by atoms with Crippen molar-refractivity contribution in [2.45, 2.75) is 51.1 Å². The van der Waals surface area contributed by atoms with Gasteiger partial charge in [-0.05, 0) is 54.3 Å². The molecule has 0 fully saturated rings. The van der Waals surface area contributed by atoms with Crippen LogP contribution in [0.1, 0.15) is 37.0 Å².